The summed E-state index contributed by atoms with van der Waals surface area (Å²) in [5, 5.41) is 12.4. The molecule has 3 aromatic carbocycles. The molecule has 0 amide bonds. The summed E-state index contributed by atoms with van der Waals surface area (Å²) in [7, 11) is 0. The minimum Gasteiger partial charge on any atom is -0.309 e. The summed E-state index contributed by atoms with van der Waals surface area (Å²) < 4.78 is 4.62. The van der Waals surface area contributed by atoms with E-state index in [1.54, 1.807) is 0 Å². The second-order valence-electron chi connectivity index (χ2n) is 10.6. The van der Waals surface area contributed by atoms with Crippen molar-refractivity contribution < 1.29 is 0 Å². The zero-order chi connectivity index (χ0) is 26.6. The molecule has 8 rings (SSSR count). The first kappa shape index (κ1) is 22.8. The highest BCUT2D eigenvalue weighted by atomic mass is 15.1. The van der Waals surface area contributed by atoms with Gasteiger partial charge in [-0.05, 0) is 85.4 Å². The van der Waals surface area contributed by atoms with E-state index in [-0.39, 0.29) is 0 Å². The average Bonchev–Trinajstić information content (AvgIpc) is 3.54. The maximum absolute atomic E-state index is 10.0. The molecule has 190 valence electrons. The molecule has 3 aromatic heterocycles. The summed E-state index contributed by atoms with van der Waals surface area (Å²) in [6.07, 6.45) is 13.3. The predicted molar refractivity (Wildman–Crippen MR) is 163 cm³/mol. The number of nitrogens with zero attached hydrogens (tertiary/aromatic N) is 4. The Morgan fingerprint density at radius 1 is 0.725 bits per heavy atom. The van der Waals surface area contributed by atoms with Gasteiger partial charge in [-0.15, -0.1) is 0 Å². The number of hydrogen-bond donors (Lipinski definition) is 0. The van der Waals surface area contributed by atoms with Crippen LogP contribution in [0.3, 0.4) is 0 Å². The van der Waals surface area contributed by atoms with Gasteiger partial charge in [0.1, 0.15) is 5.82 Å². The van der Waals surface area contributed by atoms with E-state index in [2.05, 4.69) is 106 Å². The molecule has 0 spiro atoms. The molecular formula is C36H26N4. The lowest BCUT2D eigenvalue weighted by atomic mass is 9.96. The molecule has 0 N–H and O–H groups in total. The van der Waals surface area contributed by atoms with Crippen LogP contribution in [0.2, 0.25) is 0 Å². The van der Waals surface area contributed by atoms with Crippen LogP contribution in [0.15, 0.2) is 97.1 Å². The van der Waals surface area contributed by atoms with Crippen molar-refractivity contribution in [3.05, 3.63) is 125 Å². The molecule has 3 heterocycles. The van der Waals surface area contributed by atoms with Crippen LogP contribution in [0.5, 0.6) is 0 Å². The number of pyridine rings is 1. The molecule has 0 unspecified atom stereocenters. The number of hydrogen-bond acceptors (Lipinski definition) is 2. The van der Waals surface area contributed by atoms with Crippen LogP contribution in [0.1, 0.15) is 40.9 Å². The Balaban J connectivity index is 1.32. The van der Waals surface area contributed by atoms with Crippen molar-refractivity contribution in [1.82, 2.24) is 14.1 Å². The smallest absolute Gasteiger partial charge is 0.138 e. The molecule has 0 atom stereocenters. The Bertz CT molecular complexity index is 2020. The molecule has 0 saturated heterocycles. The van der Waals surface area contributed by atoms with E-state index in [0.29, 0.717) is 5.56 Å². The molecular weight excluding hydrogens is 488 g/mol. The maximum atomic E-state index is 10.0. The van der Waals surface area contributed by atoms with E-state index in [9.17, 15) is 5.26 Å². The highest BCUT2D eigenvalue weighted by molar-refractivity contribution is 6.09. The third kappa shape index (κ3) is 3.41. The minimum atomic E-state index is 0.616. The lowest BCUT2D eigenvalue weighted by Gasteiger charge is -2.15. The van der Waals surface area contributed by atoms with Crippen LogP contribution in [-0.2, 0) is 12.8 Å². The van der Waals surface area contributed by atoms with Crippen molar-refractivity contribution in [2.24, 2.45) is 0 Å². The monoisotopic (exact) mass is 514 g/mol. The van der Waals surface area contributed by atoms with Gasteiger partial charge < -0.3 is 4.57 Å². The number of para-hydroxylation sites is 2. The van der Waals surface area contributed by atoms with Gasteiger partial charge in [0.2, 0.25) is 0 Å². The number of allylic oxidation sites excluding steroid dienone is 2. The van der Waals surface area contributed by atoms with Crippen LogP contribution in [0, 0.1) is 11.3 Å². The van der Waals surface area contributed by atoms with E-state index in [1.807, 2.05) is 18.2 Å². The molecule has 2 aliphatic carbocycles. The van der Waals surface area contributed by atoms with Crippen molar-refractivity contribution in [1.29, 1.82) is 5.26 Å². The van der Waals surface area contributed by atoms with Crippen LogP contribution >= 0.6 is 0 Å². The van der Waals surface area contributed by atoms with E-state index in [0.717, 1.165) is 59.5 Å². The van der Waals surface area contributed by atoms with Crippen LogP contribution < -0.4 is 0 Å². The highest BCUT2D eigenvalue weighted by Crippen LogP contribution is 2.37. The quantitative estimate of drug-likeness (QED) is 0.238. The Morgan fingerprint density at radius 2 is 1.48 bits per heavy atom. The summed E-state index contributed by atoms with van der Waals surface area (Å²) in [5.74, 6) is 0.928. The largest absolute Gasteiger partial charge is 0.309 e. The highest BCUT2D eigenvalue weighted by Gasteiger charge is 2.24. The van der Waals surface area contributed by atoms with Crippen molar-refractivity contribution in [3.8, 4) is 28.8 Å². The standard InChI is InChI=1S/C36H26N4/c37-23-24-20-25(22-26(21-24)39-32-15-5-1-10-27(32)28-11-2-6-16-33(28)39)31-14-9-19-36(38-31)40-34-17-7-3-12-29(34)30-13-4-8-18-35(30)40/h1-3,5-6,8-12,14-16,18-22H,4,7,13,17H2. The van der Waals surface area contributed by atoms with Gasteiger partial charge in [-0.3, -0.25) is 4.57 Å². The molecule has 2 aliphatic rings. The number of rotatable bonds is 3. The molecule has 0 bridgehead atoms. The van der Waals surface area contributed by atoms with E-state index < -0.39 is 0 Å². The zero-order valence-corrected chi connectivity index (χ0v) is 22.0. The fourth-order valence-electron chi connectivity index (χ4n) is 6.56. The lowest BCUT2D eigenvalue weighted by molar-refractivity contribution is 0.849. The summed E-state index contributed by atoms with van der Waals surface area (Å²) in [5.41, 5.74) is 11.0. The molecule has 0 saturated carbocycles. The van der Waals surface area contributed by atoms with E-state index in [4.69, 9.17) is 4.98 Å². The molecule has 0 radical (unpaired) electrons. The molecule has 4 nitrogen and oxygen atoms in total. The first-order valence-corrected chi connectivity index (χ1v) is 13.9. The lowest BCUT2D eigenvalue weighted by Crippen LogP contribution is -2.07. The number of aromatic nitrogens is 3. The summed E-state index contributed by atoms with van der Waals surface area (Å²) in [4.78, 5) is 5.21. The van der Waals surface area contributed by atoms with Gasteiger partial charge in [-0.2, -0.15) is 5.26 Å². The maximum Gasteiger partial charge on any atom is 0.138 e. The fourth-order valence-corrected chi connectivity index (χ4v) is 6.56. The van der Waals surface area contributed by atoms with Crippen LogP contribution in [0.4, 0.5) is 0 Å². The van der Waals surface area contributed by atoms with Crippen molar-refractivity contribution in [3.63, 3.8) is 0 Å². The third-order valence-corrected chi connectivity index (χ3v) is 8.27. The Morgan fingerprint density at radius 3 is 2.27 bits per heavy atom. The third-order valence-electron chi connectivity index (χ3n) is 8.27. The van der Waals surface area contributed by atoms with Crippen LogP contribution in [-0.4, -0.2) is 14.1 Å². The summed E-state index contributed by atoms with van der Waals surface area (Å²) >= 11 is 0. The van der Waals surface area contributed by atoms with Gasteiger partial charge in [0.15, 0.2) is 0 Å². The van der Waals surface area contributed by atoms with Crippen molar-refractivity contribution in [2.75, 3.05) is 0 Å². The van der Waals surface area contributed by atoms with Gasteiger partial charge in [0, 0.05) is 27.7 Å². The van der Waals surface area contributed by atoms with Gasteiger partial charge in [0.05, 0.1) is 34.1 Å². The molecule has 0 fully saturated rings. The number of benzene rings is 3. The minimum absolute atomic E-state index is 0.616. The van der Waals surface area contributed by atoms with Crippen molar-refractivity contribution >= 4 is 34.0 Å². The summed E-state index contributed by atoms with van der Waals surface area (Å²) in [6.45, 7) is 0. The molecule has 4 heteroatoms. The van der Waals surface area contributed by atoms with Crippen molar-refractivity contribution in [2.45, 2.75) is 25.7 Å². The first-order valence-electron chi connectivity index (χ1n) is 13.9. The Hall–Kier alpha value is -5.14. The van der Waals surface area contributed by atoms with E-state index >= 15 is 0 Å². The average molecular weight is 515 g/mol. The molecule has 6 aromatic rings. The molecule has 40 heavy (non-hydrogen) atoms. The second kappa shape index (κ2) is 8.97. The first-order chi connectivity index (χ1) is 19.8. The predicted octanol–water partition coefficient (Wildman–Crippen LogP) is 8.43. The number of nitriles is 1. The zero-order valence-electron chi connectivity index (χ0n) is 22.0. The topological polar surface area (TPSA) is 46.5 Å². The van der Waals surface area contributed by atoms with Gasteiger partial charge in [-0.1, -0.05) is 60.7 Å². The summed E-state index contributed by atoms with van der Waals surface area (Å²) in [6, 6.07) is 31.6. The van der Waals surface area contributed by atoms with Crippen LogP contribution in [0.25, 0.3) is 56.7 Å². The Kier molecular flexibility index (Phi) is 5.11. The van der Waals surface area contributed by atoms with Gasteiger partial charge in [-0.25, -0.2) is 4.98 Å². The fraction of sp³-hybridized carbons (Fsp3) is 0.111. The molecule has 0 aliphatic heterocycles. The normalized spacial score (nSPS) is 13.9. The Labute approximate surface area is 232 Å². The van der Waals surface area contributed by atoms with Gasteiger partial charge >= 0.3 is 0 Å². The SMILES string of the molecule is N#Cc1cc(-c2cccc(-n3c4c(c5c3CCC=C5)CCC=C4)n2)cc(-n2c3ccccc3c3ccccc32)c1. The van der Waals surface area contributed by atoms with E-state index in [1.165, 1.54) is 33.3 Å². The van der Waals surface area contributed by atoms with Gasteiger partial charge in [0.25, 0.3) is 0 Å². The number of fused-ring (bicyclic) bond motifs is 6. The second-order valence-corrected chi connectivity index (χ2v) is 10.6.